The van der Waals surface area contributed by atoms with Crippen LogP contribution in [0.5, 0.6) is 11.5 Å². The lowest BCUT2D eigenvalue weighted by molar-refractivity contribution is -0.115. The van der Waals surface area contributed by atoms with Crippen molar-refractivity contribution in [1.82, 2.24) is 5.32 Å². The summed E-state index contributed by atoms with van der Waals surface area (Å²) in [5, 5.41) is 5.73. The molecule has 25 heavy (non-hydrogen) atoms. The number of fused-ring (bicyclic) bond motifs is 1. The summed E-state index contributed by atoms with van der Waals surface area (Å²) in [4.78, 5) is 24.0. The molecule has 6 nitrogen and oxygen atoms in total. The van der Waals surface area contributed by atoms with Crippen molar-refractivity contribution >= 4 is 29.1 Å². The van der Waals surface area contributed by atoms with E-state index in [-0.39, 0.29) is 18.4 Å². The SMILES string of the molecule is O=C(CNC(=O)c1cccc(Cl)c1)Nc1ccc2c(c1)OCCCO2. The van der Waals surface area contributed by atoms with E-state index in [0.29, 0.717) is 41.0 Å². The monoisotopic (exact) mass is 360 g/mol. The summed E-state index contributed by atoms with van der Waals surface area (Å²) >= 11 is 5.85. The fourth-order valence-corrected chi connectivity index (χ4v) is 2.53. The number of halogens is 1. The van der Waals surface area contributed by atoms with Gasteiger partial charge in [-0.2, -0.15) is 0 Å². The second-order valence-electron chi connectivity index (χ2n) is 5.45. The van der Waals surface area contributed by atoms with Gasteiger partial charge in [0.2, 0.25) is 5.91 Å². The maximum absolute atomic E-state index is 12.0. The molecule has 1 aliphatic rings. The lowest BCUT2D eigenvalue weighted by Gasteiger charge is -2.11. The first-order valence-electron chi connectivity index (χ1n) is 7.85. The number of benzene rings is 2. The van der Waals surface area contributed by atoms with Gasteiger partial charge in [-0.1, -0.05) is 17.7 Å². The third-order valence-electron chi connectivity index (χ3n) is 3.53. The van der Waals surface area contributed by atoms with Gasteiger partial charge in [-0.3, -0.25) is 9.59 Å². The average molecular weight is 361 g/mol. The van der Waals surface area contributed by atoms with Crippen LogP contribution in [-0.4, -0.2) is 31.6 Å². The molecule has 1 heterocycles. The highest BCUT2D eigenvalue weighted by Gasteiger charge is 2.13. The summed E-state index contributed by atoms with van der Waals surface area (Å²) in [6.07, 6.45) is 0.811. The molecular formula is C18H17ClN2O4. The molecule has 0 spiro atoms. The summed E-state index contributed by atoms with van der Waals surface area (Å²) in [5.41, 5.74) is 0.974. The maximum Gasteiger partial charge on any atom is 0.251 e. The molecule has 2 amide bonds. The van der Waals surface area contributed by atoms with E-state index in [9.17, 15) is 9.59 Å². The molecule has 0 radical (unpaired) electrons. The number of carbonyl (C=O) groups excluding carboxylic acids is 2. The molecule has 2 aromatic carbocycles. The van der Waals surface area contributed by atoms with Crippen LogP contribution in [0.25, 0.3) is 0 Å². The molecule has 0 aromatic heterocycles. The fraction of sp³-hybridized carbons (Fsp3) is 0.222. The summed E-state index contributed by atoms with van der Waals surface area (Å²) < 4.78 is 11.1. The normalized spacial score (nSPS) is 12.8. The Morgan fingerprint density at radius 1 is 1.04 bits per heavy atom. The minimum Gasteiger partial charge on any atom is -0.490 e. The van der Waals surface area contributed by atoms with Gasteiger partial charge in [0.25, 0.3) is 5.91 Å². The zero-order valence-corrected chi connectivity index (χ0v) is 14.1. The van der Waals surface area contributed by atoms with E-state index in [1.165, 1.54) is 0 Å². The predicted molar refractivity (Wildman–Crippen MR) is 94.5 cm³/mol. The topological polar surface area (TPSA) is 76.7 Å². The molecule has 0 bridgehead atoms. The van der Waals surface area contributed by atoms with Crippen LogP contribution in [-0.2, 0) is 4.79 Å². The molecule has 3 rings (SSSR count). The highest BCUT2D eigenvalue weighted by Crippen LogP contribution is 2.32. The predicted octanol–water partition coefficient (Wildman–Crippen LogP) is 2.87. The Balaban J connectivity index is 1.56. The molecule has 0 saturated carbocycles. The molecule has 0 unspecified atom stereocenters. The number of nitrogens with one attached hydrogen (secondary N) is 2. The summed E-state index contributed by atoms with van der Waals surface area (Å²) in [5.74, 6) is 0.546. The molecule has 0 saturated heterocycles. The number of hydrogen-bond donors (Lipinski definition) is 2. The summed E-state index contributed by atoms with van der Waals surface area (Å²) in [6.45, 7) is 1.02. The first-order valence-corrected chi connectivity index (χ1v) is 8.23. The van der Waals surface area contributed by atoms with Crippen molar-refractivity contribution in [1.29, 1.82) is 0 Å². The smallest absolute Gasteiger partial charge is 0.251 e. The zero-order valence-electron chi connectivity index (χ0n) is 13.4. The molecule has 130 valence electrons. The highest BCUT2D eigenvalue weighted by atomic mass is 35.5. The van der Waals surface area contributed by atoms with Crippen LogP contribution < -0.4 is 20.1 Å². The van der Waals surface area contributed by atoms with Crippen molar-refractivity contribution in [3.63, 3.8) is 0 Å². The Morgan fingerprint density at radius 3 is 2.64 bits per heavy atom. The second kappa shape index (κ2) is 7.90. The Bertz CT molecular complexity index is 794. The van der Waals surface area contributed by atoms with Gasteiger partial charge in [0.05, 0.1) is 19.8 Å². The van der Waals surface area contributed by atoms with Crippen LogP contribution >= 0.6 is 11.6 Å². The number of amides is 2. The van der Waals surface area contributed by atoms with Gasteiger partial charge in [0, 0.05) is 28.8 Å². The lowest BCUT2D eigenvalue weighted by Crippen LogP contribution is -2.32. The van der Waals surface area contributed by atoms with E-state index in [2.05, 4.69) is 10.6 Å². The van der Waals surface area contributed by atoms with Crippen LogP contribution in [0.2, 0.25) is 5.02 Å². The molecule has 2 aromatic rings. The van der Waals surface area contributed by atoms with Crippen molar-refractivity contribution in [2.45, 2.75) is 6.42 Å². The van der Waals surface area contributed by atoms with Crippen molar-refractivity contribution in [3.8, 4) is 11.5 Å². The van der Waals surface area contributed by atoms with E-state index in [1.807, 2.05) is 0 Å². The van der Waals surface area contributed by atoms with Crippen molar-refractivity contribution in [2.75, 3.05) is 25.1 Å². The number of carbonyl (C=O) groups is 2. The van der Waals surface area contributed by atoms with Gasteiger partial charge in [0.1, 0.15) is 0 Å². The van der Waals surface area contributed by atoms with Gasteiger partial charge in [0.15, 0.2) is 11.5 Å². The van der Waals surface area contributed by atoms with E-state index >= 15 is 0 Å². The average Bonchev–Trinajstić information content (AvgIpc) is 2.84. The Hall–Kier alpha value is -2.73. The standard InChI is InChI=1S/C18H17ClN2O4/c19-13-4-1-3-12(9-13)18(23)20-11-17(22)21-14-5-6-15-16(10-14)25-8-2-7-24-15/h1,3-6,9-10H,2,7-8,11H2,(H,20,23)(H,21,22). The molecule has 0 fully saturated rings. The minimum absolute atomic E-state index is 0.153. The molecule has 7 heteroatoms. The van der Waals surface area contributed by atoms with E-state index in [0.717, 1.165) is 6.42 Å². The van der Waals surface area contributed by atoms with Gasteiger partial charge in [-0.15, -0.1) is 0 Å². The number of hydrogen-bond acceptors (Lipinski definition) is 4. The van der Waals surface area contributed by atoms with Crippen LogP contribution in [0.3, 0.4) is 0 Å². The number of anilines is 1. The molecule has 0 aliphatic carbocycles. The van der Waals surface area contributed by atoms with Crippen LogP contribution in [0, 0.1) is 0 Å². The summed E-state index contributed by atoms with van der Waals surface area (Å²) in [7, 11) is 0. The van der Waals surface area contributed by atoms with Gasteiger partial charge >= 0.3 is 0 Å². The maximum atomic E-state index is 12.0. The highest BCUT2D eigenvalue weighted by molar-refractivity contribution is 6.31. The number of rotatable bonds is 4. The second-order valence-corrected chi connectivity index (χ2v) is 5.89. The van der Waals surface area contributed by atoms with Crippen molar-refractivity contribution in [2.24, 2.45) is 0 Å². The quantitative estimate of drug-likeness (QED) is 0.879. The van der Waals surface area contributed by atoms with Gasteiger partial charge in [-0.25, -0.2) is 0 Å². The van der Waals surface area contributed by atoms with Crippen molar-refractivity contribution < 1.29 is 19.1 Å². The summed E-state index contributed by atoms with van der Waals surface area (Å²) in [6, 6.07) is 11.7. The zero-order chi connectivity index (χ0) is 17.6. The van der Waals surface area contributed by atoms with E-state index in [4.69, 9.17) is 21.1 Å². The Kier molecular flexibility index (Phi) is 5.40. The first kappa shape index (κ1) is 17.1. The van der Waals surface area contributed by atoms with E-state index < -0.39 is 0 Å². The molecule has 1 aliphatic heterocycles. The Labute approximate surface area is 150 Å². The van der Waals surface area contributed by atoms with Crippen LogP contribution in [0.15, 0.2) is 42.5 Å². The number of ether oxygens (including phenoxy) is 2. The van der Waals surface area contributed by atoms with Crippen molar-refractivity contribution in [3.05, 3.63) is 53.1 Å². The molecule has 2 N–H and O–H groups in total. The Morgan fingerprint density at radius 2 is 1.84 bits per heavy atom. The third-order valence-corrected chi connectivity index (χ3v) is 3.76. The molecule has 0 atom stereocenters. The minimum atomic E-state index is -0.365. The largest absolute Gasteiger partial charge is 0.490 e. The lowest BCUT2D eigenvalue weighted by atomic mass is 10.2. The third kappa shape index (κ3) is 4.64. The van der Waals surface area contributed by atoms with Gasteiger partial charge in [-0.05, 0) is 30.3 Å². The van der Waals surface area contributed by atoms with Crippen LogP contribution in [0.4, 0.5) is 5.69 Å². The van der Waals surface area contributed by atoms with Crippen LogP contribution in [0.1, 0.15) is 16.8 Å². The van der Waals surface area contributed by atoms with Gasteiger partial charge < -0.3 is 20.1 Å². The first-order chi connectivity index (χ1) is 12.1. The molecular weight excluding hydrogens is 344 g/mol. The fourth-order valence-electron chi connectivity index (χ4n) is 2.34. The van der Waals surface area contributed by atoms with E-state index in [1.54, 1.807) is 42.5 Å².